The molecule has 1 heterocycles. The van der Waals surface area contributed by atoms with Crippen LogP contribution in [0.1, 0.15) is 39.2 Å². The van der Waals surface area contributed by atoms with E-state index in [0.29, 0.717) is 23.0 Å². The van der Waals surface area contributed by atoms with Crippen LogP contribution < -0.4 is 20.7 Å². The van der Waals surface area contributed by atoms with Gasteiger partial charge in [0.2, 0.25) is 5.91 Å². The number of nitrogens with one attached hydrogen (secondary N) is 3. The molecule has 6 rings (SSSR count). The smallest absolute Gasteiger partial charge is 0.272 e. The maximum atomic E-state index is 13.8. The van der Waals surface area contributed by atoms with E-state index in [2.05, 4.69) is 20.9 Å². The van der Waals surface area contributed by atoms with Gasteiger partial charge in [0.05, 0.1) is 12.3 Å². The number of rotatable bonds is 13. The Morgan fingerprint density at radius 2 is 1.54 bits per heavy atom. The highest BCUT2D eigenvalue weighted by molar-refractivity contribution is 8.00. The number of thiazole rings is 1. The summed E-state index contributed by atoms with van der Waals surface area (Å²) in [6, 6.07) is 40.8. The van der Waals surface area contributed by atoms with Crippen molar-refractivity contribution < 1.29 is 19.1 Å². The molecule has 0 radical (unpaired) electrons. The van der Waals surface area contributed by atoms with Gasteiger partial charge in [0.1, 0.15) is 16.7 Å². The molecule has 3 N–H and O–H groups in total. The van der Waals surface area contributed by atoms with Crippen LogP contribution in [-0.4, -0.2) is 29.3 Å². The molecule has 1 unspecified atom stereocenters. The number of carbonyl (C=O) groups is 3. The van der Waals surface area contributed by atoms with Gasteiger partial charge < -0.3 is 20.7 Å². The van der Waals surface area contributed by atoms with Gasteiger partial charge in [-0.1, -0.05) is 84.4 Å². The van der Waals surface area contributed by atoms with Crippen molar-refractivity contribution in [3.8, 4) is 17.0 Å². The van der Waals surface area contributed by atoms with Gasteiger partial charge in [-0.25, -0.2) is 4.98 Å². The molecule has 0 saturated heterocycles. The SMILES string of the molecule is CCOc1ccc(-c2csc(NC(=O)C(Sc3cccc(NC(=O)/C(=C/c4ccc(C)cc4)NC(=O)c4ccccc4)c3)c3ccccc3)n2)cc1. The average Bonchev–Trinajstić information content (AvgIpc) is 3.64. The van der Waals surface area contributed by atoms with E-state index in [1.54, 1.807) is 36.4 Å². The fraction of sp³-hybridized carbons (Fsp3) is 0.0952. The zero-order valence-corrected chi connectivity index (χ0v) is 30.2. The molecule has 52 heavy (non-hydrogen) atoms. The molecule has 0 saturated carbocycles. The van der Waals surface area contributed by atoms with E-state index in [9.17, 15) is 14.4 Å². The van der Waals surface area contributed by atoms with Crippen molar-refractivity contribution in [2.24, 2.45) is 0 Å². The number of amides is 3. The van der Waals surface area contributed by atoms with Crippen LogP contribution in [0.25, 0.3) is 17.3 Å². The molecule has 1 atom stereocenters. The first kappa shape index (κ1) is 35.8. The van der Waals surface area contributed by atoms with Crippen molar-refractivity contribution in [3.05, 3.63) is 167 Å². The third kappa shape index (κ3) is 9.63. The highest BCUT2D eigenvalue weighted by Gasteiger charge is 2.24. The van der Waals surface area contributed by atoms with Gasteiger partial charge in [0.15, 0.2) is 5.13 Å². The first-order valence-corrected chi connectivity index (χ1v) is 18.4. The van der Waals surface area contributed by atoms with Crippen LogP contribution in [-0.2, 0) is 9.59 Å². The summed E-state index contributed by atoms with van der Waals surface area (Å²) in [5, 5.41) is 10.5. The summed E-state index contributed by atoms with van der Waals surface area (Å²) >= 11 is 2.71. The molecule has 0 aliphatic rings. The van der Waals surface area contributed by atoms with Crippen LogP contribution in [0.4, 0.5) is 10.8 Å². The fourth-order valence-corrected chi connectivity index (χ4v) is 6.98. The number of aryl methyl sites for hydroxylation is 1. The normalized spacial score (nSPS) is 11.7. The molecule has 1 aromatic heterocycles. The Balaban J connectivity index is 1.19. The van der Waals surface area contributed by atoms with Crippen LogP contribution in [0.15, 0.2) is 149 Å². The average molecular weight is 725 g/mol. The van der Waals surface area contributed by atoms with Crippen molar-refractivity contribution in [2.75, 3.05) is 17.2 Å². The molecular formula is C42H36N4O4S2. The summed E-state index contributed by atoms with van der Waals surface area (Å²) in [6.45, 7) is 4.51. The van der Waals surface area contributed by atoms with E-state index >= 15 is 0 Å². The molecule has 5 aromatic carbocycles. The second kappa shape index (κ2) is 17.3. The third-order valence-corrected chi connectivity index (χ3v) is 9.80. The summed E-state index contributed by atoms with van der Waals surface area (Å²) in [7, 11) is 0. The van der Waals surface area contributed by atoms with Crippen LogP contribution >= 0.6 is 23.1 Å². The third-order valence-electron chi connectivity index (χ3n) is 7.80. The number of carbonyl (C=O) groups excluding carboxylic acids is 3. The van der Waals surface area contributed by atoms with E-state index in [1.807, 2.05) is 122 Å². The van der Waals surface area contributed by atoms with E-state index in [1.165, 1.54) is 23.1 Å². The zero-order chi connectivity index (χ0) is 36.3. The van der Waals surface area contributed by atoms with Crippen LogP contribution in [0.5, 0.6) is 5.75 Å². The van der Waals surface area contributed by atoms with Crippen LogP contribution in [0.3, 0.4) is 0 Å². The Labute approximate surface area is 311 Å². The van der Waals surface area contributed by atoms with Crippen LogP contribution in [0.2, 0.25) is 0 Å². The van der Waals surface area contributed by atoms with Gasteiger partial charge in [-0.2, -0.15) is 0 Å². The maximum absolute atomic E-state index is 13.8. The lowest BCUT2D eigenvalue weighted by molar-refractivity contribution is -0.116. The molecule has 260 valence electrons. The Morgan fingerprint density at radius 3 is 2.25 bits per heavy atom. The second-order valence-corrected chi connectivity index (χ2v) is 13.7. The van der Waals surface area contributed by atoms with Crippen molar-refractivity contribution in [2.45, 2.75) is 24.0 Å². The highest BCUT2D eigenvalue weighted by Crippen LogP contribution is 2.38. The Kier molecular flexibility index (Phi) is 11.9. The van der Waals surface area contributed by atoms with Gasteiger partial charge in [-0.05, 0) is 85.6 Å². The topological polar surface area (TPSA) is 109 Å². The summed E-state index contributed by atoms with van der Waals surface area (Å²) < 4.78 is 5.55. The largest absolute Gasteiger partial charge is 0.494 e. The minimum Gasteiger partial charge on any atom is -0.494 e. The lowest BCUT2D eigenvalue weighted by Gasteiger charge is -2.17. The number of aromatic nitrogens is 1. The Morgan fingerprint density at radius 1 is 0.827 bits per heavy atom. The van der Waals surface area contributed by atoms with E-state index in [-0.39, 0.29) is 11.6 Å². The molecule has 0 bridgehead atoms. The second-order valence-electron chi connectivity index (χ2n) is 11.7. The standard InChI is InChI=1S/C42H36N4O4S2/c1-3-50-34-23-21-30(22-24-34)37-27-51-42(45-37)46-41(49)38(31-11-6-4-7-12-31)52-35-16-10-15-33(26-35)43-40(48)36(25-29-19-17-28(2)18-20-29)44-39(47)32-13-8-5-9-14-32/h4-27,38H,3H2,1-2H3,(H,43,48)(H,44,47)(H,45,46,49)/b36-25-. The maximum Gasteiger partial charge on any atom is 0.272 e. The number of thioether (sulfide) groups is 1. The predicted octanol–water partition coefficient (Wildman–Crippen LogP) is 9.40. The lowest BCUT2D eigenvalue weighted by atomic mass is 10.1. The van der Waals surface area contributed by atoms with Crippen molar-refractivity contribution in [3.63, 3.8) is 0 Å². The zero-order valence-electron chi connectivity index (χ0n) is 28.5. The number of ether oxygens (including phenoxy) is 1. The van der Waals surface area contributed by atoms with Gasteiger partial charge in [-0.3, -0.25) is 14.4 Å². The first-order valence-electron chi connectivity index (χ1n) is 16.6. The highest BCUT2D eigenvalue weighted by atomic mass is 32.2. The van der Waals surface area contributed by atoms with Gasteiger partial charge in [-0.15, -0.1) is 23.1 Å². The number of benzene rings is 5. The molecule has 6 aromatic rings. The number of hydrogen-bond donors (Lipinski definition) is 3. The first-order chi connectivity index (χ1) is 25.3. The molecule has 0 spiro atoms. The minimum atomic E-state index is -0.618. The Hall–Kier alpha value is -5.97. The molecule has 0 aliphatic carbocycles. The van der Waals surface area contributed by atoms with Crippen molar-refractivity contribution in [1.29, 1.82) is 0 Å². The van der Waals surface area contributed by atoms with Crippen molar-refractivity contribution >= 4 is 57.7 Å². The minimum absolute atomic E-state index is 0.0883. The van der Waals surface area contributed by atoms with Crippen LogP contribution in [0, 0.1) is 6.92 Å². The predicted molar refractivity (Wildman–Crippen MR) is 211 cm³/mol. The summed E-state index contributed by atoms with van der Waals surface area (Å²) in [4.78, 5) is 46.1. The molecule has 8 nitrogen and oxygen atoms in total. The quantitative estimate of drug-likeness (QED) is 0.0809. The molecule has 0 fully saturated rings. The Bertz CT molecular complexity index is 2170. The van der Waals surface area contributed by atoms with E-state index in [0.717, 1.165) is 38.6 Å². The number of anilines is 2. The molecule has 0 aliphatic heterocycles. The molecule has 10 heteroatoms. The van der Waals surface area contributed by atoms with E-state index < -0.39 is 17.1 Å². The van der Waals surface area contributed by atoms with E-state index in [4.69, 9.17) is 4.74 Å². The monoisotopic (exact) mass is 724 g/mol. The molecular weight excluding hydrogens is 689 g/mol. The van der Waals surface area contributed by atoms with Crippen molar-refractivity contribution in [1.82, 2.24) is 10.3 Å². The summed E-state index contributed by atoms with van der Waals surface area (Å²) in [6.07, 6.45) is 1.64. The lowest BCUT2D eigenvalue weighted by Crippen LogP contribution is -2.30. The van der Waals surface area contributed by atoms with Gasteiger partial charge in [0.25, 0.3) is 11.8 Å². The van der Waals surface area contributed by atoms with Gasteiger partial charge >= 0.3 is 0 Å². The fourth-order valence-electron chi connectivity index (χ4n) is 5.18. The summed E-state index contributed by atoms with van der Waals surface area (Å²) in [5.41, 5.74) is 5.35. The molecule has 3 amide bonds. The number of hydrogen-bond acceptors (Lipinski definition) is 7. The number of nitrogens with zero attached hydrogens (tertiary/aromatic N) is 1. The summed E-state index contributed by atoms with van der Waals surface area (Å²) in [5.74, 6) is -0.334. The van der Waals surface area contributed by atoms with Gasteiger partial charge in [0, 0.05) is 27.1 Å².